The summed E-state index contributed by atoms with van der Waals surface area (Å²) < 4.78 is 2.57. The molecule has 7 rings (SSSR count). The third-order valence-corrected chi connectivity index (χ3v) is 19.5. The topological polar surface area (TPSA) is 25.8 Å². The second-order valence-corrected chi connectivity index (χ2v) is 20.2. The number of thiophene rings is 2. The monoisotopic (exact) mass is 646 g/mol. The van der Waals surface area contributed by atoms with Crippen LogP contribution in [0.25, 0.3) is 19.8 Å². The lowest BCUT2D eigenvalue weighted by Crippen LogP contribution is -2.23. The van der Waals surface area contributed by atoms with Crippen molar-refractivity contribution < 1.29 is 0 Å². The predicted octanol–water partition coefficient (Wildman–Crippen LogP) is 7.45. The molecule has 7 aromatic rings. The number of nitrogens with zero attached hydrogens (tertiary/aromatic N) is 2. The Bertz CT molecular complexity index is 1840. The van der Waals surface area contributed by atoms with E-state index in [1.54, 1.807) is 34.0 Å². The van der Waals surface area contributed by atoms with Crippen LogP contribution in [0.4, 0.5) is 0 Å². The summed E-state index contributed by atoms with van der Waals surface area (Å²) in [6.45, 7) is -4.06. The Balaban J connectivity index is 1.24. The summed E-state index contributed by atoms with van der Waals surface area (Å²) in [4.78, 5) is 2.26. The first-order valence-electron chi connectivity index (χ1n) is 13.8. The molecule has 0 aliphatic carbocycles. The number of rotatable bonds is 8. The lowest BCUT2D eigenvalue weighted by atomic mass is 10.4. The normalized spacial score (nSPS) is 11.9. The van der Waals surface area contributed by atoms with E-state index in [-0.39, 0.29) is 0 Å². The Morgan fingerprint density at radius 2 is 0.674 bits per heavy atom. The quantitative estimate of drug-likeness (QED) is 0.160. The maximum atomic E-state index is 4.90. The van der Waals surface area contributed by atoms with E-state index >= 15 is 0 Å². The van der Waals surface area contributed by atoms with Crippen LogP contribution in [0.2, 0.25) is 0 Å². The summed E-state index contributed by atoms with van der Waals surface area (Å²) in [6, 6.07) is 51.7. The largest absolute Gasteiger partial charge is 0.158 e. The molecule has 4 aromatic carbocycles. The van der Waals surface area contributed by atoms with Gasteiger partial charge in [0.1, 0.15) is 0 Å². The second-order valence-electron chi connectivity index (χ2n) is 10.1. The molecule has 3 aromatic heterocycles. The van der Waals surface area contributed by atoms with Gasteiger partial charge in [-0.15, -0.1) is 32.9 Å². The van der Waals surface area contributed by atoms with E-state index in [0.29, 0.717) is 0 Å². The standard InChI is InChI=1S/C36H28N2P2S3/c1-39(27-15-7-3-8-16-27,28-17-9-4-10-18-28)33-25-23-31(41-33)35-37-38-36(43-35)32-24-26-34(42-32)40(2,29-19-11-5-12-20-29)30-21-13-6-14-22-30/h3-26H,1-2H2. The lowest BCUT2D eigenvalue weighted by Gasteiger charge is -2.24. The Morgan fingerprint density at radius 3 is 0.977 bits per heavy atom. The van der Waals surface area contributed by atoms with Crippen molar-refractivity contribution in [3.05, 3.63) is 146 Å². The Hall–Kier alpha value is -3.56. The molecule has 0 saturated carbocycles. The van der Waals surface area contributed by atoms with Crippen LogP contribution < -0.4 is 30.5 Å². The van der Waals surface area contributed by atoms with E-state index in [9.17, 15) is 0 Å². The molecular weight excluding hydrogens is 619 g/mol. The van der Waals surface area contributed by atoms with E-state index < -0.39 is 13.8 Å². The molecule has 43 heavy (non-hydrogen) atoms. The molecule has 0 amide bonds. The number of hydrogen-bond donors (Lipinski definition) is 0. The summed E-state index contributed by atoms with van der Waals surface area (Å²) in [7, 11) is 0. The second kappa shape index (κ2) is 11.8. The maximum absolute atomic E-state index is 4.90. The molecule has 2 nitrogen and oxygen atoms in total. The van der Waals surface area contributed by atoms with Crippen molar-refractivity contribution in [2.24, 2.45) is 0 Å². The number of aromatic nitrogens is 2. The summed E-state index contributed by atoms with van der Waals surface area (Å²) >= 11 is 5.23. The third-order valence-electron chi connectivity index (χ3n) is 7.57. The minimum atomic E-state index is -2.03. The van der Waals surface area contributed by atoms with Crippen LogP contribution in [0, 0.1) is 0 Å². The van der Waals surface area contributed by atoms with Crippen LogP contribution >= 0.6 is 47.8 Å². The first-order chi connectivity index (χ1) is 21.1. The molecule has 3 heterocycles. The minimum Gasteiger partial charge on any atom is -0.137 e. The Labute approximate surface area is 265 Å². The fraction of sp³-hybridized carbons (Fsp3) is 0. The van der Waals surface area contributed by atoms with Gasteiger partial charge in [-0.1, -0.05) is 145 Å². The smallest absolute Gasteiger partial charge is 0.137 e. The van der Waals surface area contributed by atoms with Crippen LogP contribution in [-0.2, 0) is 0 Å². The maximum Gasteiger partial charge on any atom is 0.158 e. The highest BCUT2D eigenvalue weighted by Gasteiger charge is 2.26. The average Bonchev–Trinajstić information content (AvgIpc) is 3.87. The fourth-order valence-corrected chi connectivity index (χ4v) is 15.8. The molecule has 7 heteroatoms. The van der Waals surface area contributed by atoms with Crippen molar-refractivity contribution in [2.45, 2.75) is 0 Å². The van der Waals surface area contributed by atoms with Crippen LogP contribution in [-0.4, -0.2) is 22.8 Å². The van der Waals surface area contributed by atoms with Gasteiger partial charge in [0.05, 0.1) is 9.75 Å². The van der Waals surface area contributed by atoms with Gasteiger partial charge in [0.25, 0.3) is 0 Å². The van der Waals surface area contributed by atoms with Gasteiger partial charge in [0.2, 0.25) is 0 Å². The van der Waals surface area contributed by atoms with Crippen molar-refractivity contribution in [2.75, 3.05) is 0 Å². The Morgan fingerprint density at radius 1 is 0.372 bits per heavy atom. The fourth-order valence-electron chi connectivity index (χ4n) is 5.25. The highest BCUT2D eigenvalue weighted by Crippen LogP contribution is 2.47. The van der Waals surface area contributed by atoms with Gasteiger partial charge >= 0.3 is 0 Å². The van der Waals surface area contributed by atoms with E-state index in [4.69, 9.17) is 12.6 Å². The minimum absolute atomic E-state index is 0.940. The van der Waals surface area contributed by atoms with Gasteiger partial charge in [-0.3, -0.25) is 0 Å². The Kier molecular flexibility index (Phi) is 7.78. The molecule has 0 bridgehead atoms. The van der Waals surface area contributed by atoms with E-state index in [1.165, 1.54) is 30.5 Å². The summed E-state index contributed by atoms with van der Waals surface area (Å²) in [5, 5.41) is 16.3. The number of benzene rings is 4. The van der Waals surface area contributed by atoms with Gasteiger partial charge in [-0.2, -0.15) is 0 Å². The van der Waals surface area contributed by atoms with Crippen LogP contribution in [0.3, 0.4) is 0 Å². The predicted molar refractivity (Wildman–Crippen MR) is 198 cm³/mol. The highest BCUT2D eigenvalue weighted by atomic mass is 32.1. The third kappa shape index (κ3) is 5.16. The molecule has 0 unspecified atom stereocenters. The first-order valence-corrected chi connectivity index (χ1v) is 20.2. The zero-order valence-electron chi connectivity index (χ0n) is 23.3. The van der Waals surface area contributed by atoms with E-state index in [1.807, 2.05) is 0 Å². The molecule has 0 atom stereocenters. The van der Waals surface area contributed by atoms with Gasteiger partial charge in [-0.25, -0.2) is 0 Å². The summed E-state index contributed by atoms with van der Waals surface area (Å²) in [5.74, 6) is 0. The average molecular weight is 647 g/mol. The molecule has 0 N–H and O–H groups in total. The molecule has 0 aliphatic rings. The highest BCUT2D eigenvalue weighted by molar-refractivity contribution is 7.97. The van der Waals surface area contributed by atoms with Gasteiger partial charge in [-0.05, 0) is 59.3 Å². The van der Waals surface area contributed by atoms with Crippen LogP contribution in [0.1, 0.15) is 0 Å². The van der Waals surface area contributed by atoms with Gasteiger partial charge in [0, 0.05) is 9.24 Å². The van der Waals surface area contributed by atoms with E-state index in [0.717, 1.165) is 19.8 Å². The first kappa shape index (κ1) is 28.2. The van der Waals surface area contributed by atoms with E-state index in [2.05, 4.69) is 156 Å². The molecule has 0 aliphatic heterocycles. The summed E-state index contributed by atoms with van der Waals surface area (Å²) in [6.07, 6.45) is 9.81. The van der Waals surface area contributed by atoms with Gasteiger partial charge < -0.3 is 0 Å². The SMILES string of the molecule is C=P(c1ccccc1)(c1ccccc1)c1ccc(-c2nnc(-c3ccc(P(=C)(c4ccccc4)c4ccccc4)s3)s2)s1. The molecule has 0 spiro atoms. The molecule has 0 fully saturated rings. The van der Waals surface area contributed by atoms with Crippen molar-refractivity contribution in [3.8, 4) is 19.8 Å². The summed E-state index contributed by atoms with van der Waals surface area (Å²) in [5.41, 5.74) is 0. The van der Waals surface area contributed by atoms with Crippen LogP contribution in [0.5, 0.6) is 0 Å². The van der Waals surface area contributed by atoms with Crippen LogP contribution in [0.15, 0.2) is 146 Å². The number of hydrogen-bond acceptors (Lipinski definition) is 5. The van der Waals surface area contributed by atoms with Crippen molar-refractivity contribution in [1.29, 1.82) is 0 Å². The molecular formula is C36H28N2P2S3. The molecule has 0 saturated heterocycles. The molecule has 210 valence electrons. The zero-order valence-corrected chi connectivity index (χ0v) is 27.5. The molecule has 0 radical (unpaired) electrons. The van der Waals surface area contributed by atoms with Crippen molar-refractivity contribution >= 4 is 90.8 Å². The zero-order chi connectivity index (χ0) is 29.3. The lowest BCUT2D eigenvalue weighted by molar-refractivity contribution is 1.11. The van der Waals surface area contributed by atoms with Crippen molar-refractivity contribution in [1.82, 2.24) is 10.2 Å². The van der Waals surface area contributed by atoms with Crippen molar-refractivity contribution in [3.63, 3.8) is 0 Å². The van der Waals surface area contributed by atoms with Gasteiger partial charge in [0.15, 0.2) is 10.0 Å².